The number of nitrogens with one attached hydrogen (secondary N) is 1. The fraction of sp³-hybridized carbons (Fsp3) is 0.667. The first-order valence-corrected chi connectivity index (χ1v) is 10.1. The molecule has 1 aliphatic carbocycles. The summed E-state index contributed by atoms with van der Waals surface area (Å²) in [6.07, 6.45) is 3.76. The van der Waals surface area contributed by atoms with Crippen LogP contribution in [0.4, 0.5) is 0 Å². The second kappa shape index (κ2) is 9.83. The SMILES string of the molecule is CCNC(=NCCOCC1CC1)N1CCC(c2cc(OC)cc(OC)c2)C1. The number of hydrogen-bond donors (Lipinski definition) is 1. The number of guanidine groups is 1. The van der Waals surface area contributed by atoms with Crippen molar-refractivity contribution in [3.63, 3.8) is 0 Å². The Labute approximate surface area is 162 Å². The fourth-order valence-corrected chi connectivity index (χ4v) is 3.47. The number of benzene rings is 1. The van der Waals surface area contributed by atoms with E-state index in [1.165, 1.54) is 18.4 Å². The van der Waals surface area contributed by atoms with Gasteiger partial charge in [-0.15, -0.1) is 0 Å². The Morgan fingerprint density at radius 1 is 1.15 bits per heavy atom. The third-order valence-corrected chi connectivity index (χ3v) is 5.22. The molecular formula is C21H33N3O3. The van der Waals surface area contributed by atoms with Crippen molar-refractivity contribution >= 4 is 5.96 Å². The molecule has 1 N–H and O–H groups in total. The molecule has 1 saturated heterocycles. The maximum Gasteiger partial charge on any atom is 0.194 e. The zero-order valence-electron chi connectivity index (χ0n) is 16.9. The molecule has 27 heavy (non-hydrogen) atoms. The van der Waals surface area contributed by atoms with Gasteiger partial charge in [0.25, 0.3) is 0 Å². The van der Waals surface area contributed by atoms with E-state index in [4.69, 9.17) is 19.2 Å². The molecule has 150 valence electrons. The van der Waals surface area contributed by atoms with E-state index in [0.717, 1.165) is 56.0 Å². The van der Waals surface area contributed by atoms with Gasteiger partial charge in [0.15, 0.2) is 5.96 Å². The number of aliphatic imine (C=N–C) groups is 1. The van der Waals surface area contributed by atoms with Gasteiger partial charge in [0, 0.05) is 38.2 Å². The lowest BCUT2D eigenvalue weighted by Gasteiger charge is -2.22. The largest absolute Gasteiger partial charge is 0.497 e. The summed E-state index contributed by atoms with van der Waals surface area (Å²) >= 11 is 0. The van der Waals surface area contributed by atoms with Crippen LogP contribution in [0.1, 0.15) is 37.7 Å². The molecule has 1 aliphatic heterocycles. The number of nitrogens with zero attached hydrogens (tertiary/aromatic N) is 2. The molecular weight excluding hydrogens is 342 g/mol. The summed E-state index contributed by atoms with van der Waals surface area (Å²) in [5, 5.41) is 3.42. The van der Waals surface area contributed by atoms with E-state index in [1.807, 2.05) is 6.07 Å². The molecule has 1 unspecified atom stereocenters. The van der Waals surface area contributed by atoms with E-state index in [2.05, 4.69) is 29.3 Å². The highest BCUT2D eigenvalue weighted by Gasteiger charge is 2.27. The highest BCUT2D eigenvalue weighted by molar-refractivity contribution is 5.80. The number of ether oxygens (including phenoxy) is 3. The molecule has 1 atom stereocenters. The summed E-state index contributed by atoms with van der Waals surface area (Å²) in [5.41, 5.74) is 1.26. The highest BCUT2D eigenvalue weighted by Crippen LogP contribution is 2.33. The first kappa shape index (κ1) is 19.8. The van der Waals surface area contributed by atoms with Crippen LogP contribution < -0.4 is 14.8 Å². The molecule has 1 saturated carbocycles. The number of likely N-dealkylation sites (tertiary alicyclic amines) is 1. The molecule has 1 aromatic rings. The Morgan fingerprint density at radius 2 is 1.89 bits per heavy atom. The minimum atomic E-state index is 0.448. The summed E-state index contributed by atoms with van der Waals surface area (Å²) in [6.45, 7) is 7.24. The van der Waals surface area contributed by atoms with Gasteiger partial charge in [-0.25, -0.2) is 0 Å². The monoisotopic (exact) mass is 375 g/mol. The van der Waals surface area contributed by atoms with Crippen molar-refractivity contribution in [2.45, 2.75) is 32.1 Å². The zero-order chi connectivity index (χ0) is 19.1. The summed E-state index contributed by atoms with van der Waals surface area (Å²) < 4.78 is 16.6. The molecule has 0 amide bonds. The van der Waals surface area contributed by atoms with Gasteiger partial charge in [-0.1, -0.05) is 0 Å². The molecule has 2 fully saturated rings. The van der Waals surface area contributed by atoms with Crippen LogP contribution in [0, 0.1) is 5.92 Å². The summed E-state index contributed by atoms with van der Waals surface area (Å²) in [4.78, 5) is 7.11. The Bertz CT molecular complexity index is 609. The number of methoxy groups -OCH3 is 2. The number of rotatable bonds is 9. The van der Waals surface area contributed by atoms with Crippen molar-refractivity contribution in [1.29, 1.82) is 0 Å². The first-order valence-electron chi connectivity index (χ1n) is 10.1. The van der Waals surface area contributed by atoms with Gasteiger partial charge in [-0.05, 0) is 49.8 Å². The molecule has 1 aromatic carbocycles. The Kier molecular flexibility index (Phi) is 7.21. The van der Waals surface area contributed by atoms with Crippen molar-refractivity contribution in [2.75, 3.05) is 53.6 Å². The van der Waals surface area contributed by atoms with Gasteiger partial charge in [0.05, 0.1) is 27.4 Å². The van der Waals surface area contributed by atoms with Crippen LogP contribution >= 0.6 is 0 Å². The van der Waals surface area contributed by atoms with Crippen LogP contribution in [0.3, 0.4) is 0 Å². The van der Waals surface area contributed by atoms with Crippen LogP contribution in [-0.4, -0.2) is 64.5 Å². The maximum atomic E-state index is 5.71. The molecule has 6 nitrogen and oxygen atoms in total. The topological polar surface area (TPSA) is 55.3 Å². The minimum Gasteiger partial charge on any atom is -0.497 e. The van der Waals surface area contributed by atoms with Crippen molar-refractivity contribution in [3.05, 3.63) is 23.8 Å². The van der Waals surface area contributed by atoms with Gasteiger partial charge < -0.3 is 24.4 Å². The third-order valence-electron chi connectivity index (χ3n) is 5.22. The molecule has 1 heterocycles. The Morgan fingerprint density at radius 3 is 2.52 bits per heavy atom. The average molecular weight is 376 g/mol. The van der Waals surface area contributed by atoms with E-state index in [1.54, 1.807) is 14.2 Å². The van der Waals surface area contributed by atoms with Crippen molar-refractivity contribution < 1.29 is 14.2 Å². The molecule has 0 aromatic heterocycles. The van der Waals surface area contributed by atoms with Gasteiger partial charge >= 0.3 is 0 Å². The normalized spacial score (nSPS) is 20.0. The fourth-order valence-electron chi connectivity index (χ4n) is 3.47. The molecule has 6 heteroatoms. The minimum absolute atomic E-state index is 0.448. The Balaban J connectivity index is 1.58. The second-order valence-corrected chi connectivity index (χ2v) is 7.33. The standard InChI is InChI=1S/C21H33N3O3/c1-4-22-21(23-8-10-27-15-16-5-6-16)24-9-7-17(14-24)18-11-19(25-2)13-20(12-18)26-3/h11-13,16-17H,4-10,14-15H2,1-3H3,(H,22,23). The Hall–Kier alpha value is -1.95. The predicted molar refractivity (Wildman–Crippen MR) is 108 cm³/mol. The lowest BCUT2D eigenvalue weighted by atomic mass is 9.98. The van der Waals surface area contributed by atoms with E-state index in [-0.39, 0.29) is 0 Å². The summed E-state index contributed by atoms with van der Waals surface area (Å²) in [6, 6.07) is 6.16. The molecule has 0 spiro atoms. The smallest absolute Gasteiger partial charge is 0.194 e. The lowest BCUT2D eigenvalue weighted by Crippen LogP contribution is -2.40. The van der Waals surface area contributed by atoms with E-state index in [0.29, 0.717) is 19.1 Å². The first-order chi connectivity index (χ1) is 13.2. The van der Waals surface area contributed by atoms with Gasteiger partial charge in [-0.2, -0.15) is 0 Å². The zero-order valence-corrected chi connectivity index (χ0v) is 16.9. The molecule has 3 rings (SSSR count). The van der Waals surface area contributed by atoms with Crippen LogP contribution in [0.15, 0.2) is 23.2 Å². The van der Waals surface area contributed by atoms with Crippen LogP contribution in [0.25, 0.3) is 0 Å². The molecule has 0 bridgehead atoms. The average Bonchev–Trinajstić information content (AvgIpc) is 3.39. The quantitative estimate of drug-likeness (QED) is 0.409. The van der Waals surface area contributed by atoms with Crippen molar-refractivity contribution in [3.8, 4) is 11.5 Å². The third kappa shape index (κ3) is 5.76. The summed E-state index contributed by atoms with van der Waals surface area (Å²) in [7, 11) is 3.39. The van der Waals surface area contributed by atoms with Gasteiger partial charge in [0.1, 0.15) is 11.5 Å². The van der Waals surface area contributed by atoms with E-state index < -0.39 is 0 Å². The number of hydrogen-bond acceptors (Lipinski definition) is 4. The van der Waals surface area contributed by atoms with Gasteiger partial charge in [-0.3, -0.25) is 4.99 Å². The van der Waals surface area contributed by atoms with Crippen LogP contribution in [-0.2, 0) is 4.74 Å². The van der Waals surface area contributed by atoms with E-state index in [9.17, 15) is 0 Å². The van der Waals surface area contributed by atoms with Crippen LogP contribution in [0.5, 0.6) is 11.5 Å². The van der Waals surface area contributed by atoms with Crippen molar-refractivity contribution in [1.82, 2.24) is 10.2 Å². The molecule has 2 aliphatic rings. The molecule has 0 radical (unpaired) electrons. The van der Waals surface area contributed by atoms with Gasteiger partial charge in [0.2, 0.25) is 0 Å². The van der Waals surface area contributed by atoms with E-state index >= 15 is 0 Å². The van der Waals surface area contributed by atoms with Crippen molar-refractivity contribution in [2.24, 2.45) is 10.9 Å². The second-order valence-electron chi connectivity index (χ2n) is 7.33. The maximum absolute atomic E-state index is 5.71. The highest BCUT2D eigenvalue weighted by atomic mass is 16.5. The summed E-state index contributed by atoms with van der Waals surface area (Å²) in [5.74, 6) is 3.93. The van der Waals surface area contributed by atoms with Crippen LogP contribution in [0.2, 0.25) is 0 Å². The lowest BCUT2D eigenvalue weighted by molar-refractivity contribution is 0.131. The predicted octanol–water partition coefficient (Wildman–Crippen LogP) is 2.89.